The van der Waals surface area contributed by atoms with Crippen molar-refractivity contribution < 1.29 is 14.7 Å². The van der Waals surface area contributed by atoms with Crippen LogP contribution in [0, 0.1) is 5.92 Å². The first-order chi connectivity index (χ1) is 9.65. The number of carbonyl (C=O) groups is 2. The standard InChI is InChI=1S/C16H19NO3/c18-15-8-13(16(19)20)10-17(15)9-12-6-3-5-11-4-1-2-7-14(11)12/h1-2,4,7,12-13H,3,5-6,8-10H2,(H,19,20). The summed E-state index contributed by atoms with van der Waals surface area (Å²) in [4.78, 5) is 24.7. The minimum absolute atomic E-state index is 0.0135. The first-order valence-electron chi connectivity index (χ1n) is 7.23. The lowest BCUT2D eigenvalue weighted by Gasteiger charge is -2.29. The minimum atomic E-state index is -0.857. The minimum Gasteiger partial charge on any atom is -0.481 e. The summed E-state index contributed by atoms with van der Waals surface area (Å²) >= 11 is 0. The zero-order valence-corrected chi connectivity index (χ0v) is 11.4. The van der Waals surface area contributed by atoms with Crippen LogP contribution in [-0.2, 0) is 16.0 Å². The zero-order valence-electron chi connectivity index (χ0n) is 11.4. The smallest absolute Gasteiger partial charge is 0.308 e. The third-order valence-corrected chi connectivity index (χ3v) is 4.50. The fraction of sp³-hybridized carbons (Fsp3) is 0.500. The number of benzene rings is 1. The molecule has 1 fully saturated rings. The van der Waals surface area contributed by atoms with Crippen molar-refractivity contribution >= 4 is 11.9 Å². The molecule has 4 heteroatoms. The molecular formula is C16H19NO3. The molecular weight excluding hydrogens is 254 g/mol. The normalized spacial score (nSPS) is 25.6. The lowest BCUT2D eigenvalue weighted by atomic mass is 9.82. The predicted molar refractivity (Wildman–Crippen MR) is 74.4 cm³/mol. The highest BCUT2D eigenvalue weighted by Gasteiger charge is 2.35. The van der Waals surface area contributed by atoms with Gasteiger partial charge in [-0.25, -0.2) is 0 Å². The number of carbonyl (C=O) groups excluding carboxylic acids is 1. The van der Waals surface area contributed by atoms with Gasteiger partial charge in [0, 0.05) is 25.4 Å². The highest BCUT2D eigenvalue weighted by Crippen LogP contribution is 2.33. The van der Waals surface area contributed by atoms with E-state index in [9.17, 15) is 9.59 Å². The Labute approximate surface area is 118 Å². The number of aliphatic carboxylic acids is 1. The molecule has 1 amide bonds. The Morgan fingerprint density at radius 1 is 1.35 bits per heavy atom. The summed E-state index contributed by atoms with van der Waals surface area (Å²) in [5, 5.41) is 9.03. The number of likely N-dealkylation sites (tertiary alicyclic amines) is 1. The summed E-state index contributed by atoms with van der Waals surface area (Å²) in [6.45, 7) is 1.03. The van der Waals surface area contributed by atoms with Gasteiger partial charge in [0.05, 0.1) is 5.92 Å². The van der Waals surface area contributed by atoms with E-state index in [1.807, 2.05) is 6.07 Å². The average Bonchev–Trinajstić information content (AvgIpc) is 2.81. The molecule has 106 valence electrons. The van der Waals surface area contributed by atoms with Crippen molar-refractivity contribution in [2.75, 3.05) is 13.1 Å². The van der Waals surface area contributed by atoms with Gasteiger partial charge in [-0.15, -0.1) is 0 Å². The fourth-order valence-corrected chi connectivity index (χ4v) is 3.42. The van der Waals surface area contributed by atoms with Crippen LogP contribution in [0.25, 0.3) is 0 Å². The highest BCUT2D eigenvalue weighted by molar-refractivity contribution is 5.86. The summed E-state index contributed by atoms with van der Waals surface area (Å²) in [6, 6.07) is 8.41. The number of carboxylic acid groups (broad SMARTS) is 1. The molecule has 4 nitrogen and oxygen atoms in total. The van der Waals surface area contributed by atoms with E-state index in [4.69, 9.17) is 5.11 Å². The van der Waals surface area contributed by atoms with Crippen molar-refractivity contribution in [3.8, 4) is 0 Å². The van der Waals surface area contributed by atoms with Gasteiger partial charge in [0.15, 0.2) is 0 Å². The van der Waals surface area contributed by atoms with Gasteiger partial charge >= 0.3 is 5.97 Å². The molecule has 2 aliphatic rings. The molecule has 20 heavy (non-hydrogen) atoms. The van der Waals surface area contributed by atoms with Gasteiger partial charge in [-0.1, -0.05) is 24.3 Å². The number of fused-ring (bicyclic) bond motifs is 1. The van der Waals surface area contributed by atoms with Gasteiger partial charge in [0.1, 0.15) is 0 Å². The monoisotopic (exact) mass is 273 g/mol. The number of hydrogen-bond donors (Lipinski definition) is 1. The number of hydrogen-bond acceptors (Lipinski definition) is 2. The van der Waals surface area contributed by atoms with Gasteiger partial charge < -0.3 is 10.0 Å². The largest absolute Gasteiger partial charge is 0.481 e. The van der Waals surface area contributed by atoms with Crippen molar-refractivity contribution in [3.63, 3.8) is 0 Å². The van der Waals surface area contributed by atoms with Crippen LogP contribution in [0.3, 0.4) is 0 Å². The van der Waals surface area contributed by atoms with Gasteiger partial charge in [-0.05, 0) is 30.4 Å². The molecule has 1 aliphatic heterocycles. The molecule has 2 atom stereocenters. The Morgan fingerprint density at radius 3 is 2.90 bits per heavy atom. The lowest BCUT2D eigenvalue weighted by molar-refractivity contribution is -0.141. The van der Waals surface area contributed by atoms with E-state index in [0.717, 1.165) is 19.3 Å². The Balaban J connectivity index is 1.73. The van der Waals surface area contributed by atoms with Gasteiger partial charge in [0.2, 0.25) is 5.91 Å². The molecule has 1 aliphatic carbocycles. The second kappa shape index (κ2) is 5.27. The Kier molecular flexibility index (Phi) is 3.47. The maximum Gasteiger partial charge on any atom is 0.308 e. The van der Waals surface area contributed by atoms with Crippen LogP contribution in [0.4, 0.5) is 0 Å². The van der Waals surface area contributed by atoms with Crippen molar-refractivity contribution in [2.45, 2.75) is 31.6 Å². The average molecular weight is 273 g/mol. The lowest BCUT2D eigenvalue weighted by Crippen LogP contribution is -2.32. The van der Waals surface area contributed by atoms with Crippen LogP contribution < -0.4 is 0 Å². The van der Waals surface area contributed by atoms with Crippen molar-refractivity contribution in [2.24, 2.45) is 5.92 Å². The van der Waals surface area contributed by atoms with Crippen molar-refractivity contribution in [3.05, 3.63) is 35.4 Å². The second-order valence-electron chi connectivity index (χ2n) is 5.83. The van der Waals surface area contributed by atoms with E-state index in [2.05, 4.69) is 18.2 Å². The maximum atomic E-state index is 11.9. The third kappa shape index (κ3) is 2.42. The predicted octanol–water partition coefficient (Wildman–Crippen LogP) is 2.04. The van der Waals surface area contributed by atoms with Gasteiger partial charge in [0.25, 0.3) is 0 Å². The van der Waals surface area contributed by atoms with Crippen molar-refractivity contribution in [1.29, 1.82) is 0 Å². The quantitative estimate of drug-likeness (QED) is 0.917. The Hall–Kier alpha value is -1.84. The van der Waals surface area contributed by atoms with E-state index in [-0.39, 0.29) is 12.3 Å². The molecule has 0 radical (unpaired) electrons. The van der Waals surface area contributed by atoms with Crippen LogP contribution in [0.1, 0.15) is 36.3 Å². The van der Waals surface area contributed by atoms with E-state index in [0.29, 0.717) is 19.0 Å². The molecule has 1 saturated heterocycles. The van der Waals surface area contributed by atoms with Gasteiger partial charge in [-0.3, -0.25) is 9.59 Å². The highest BCUT2D eigenvalue weighted by atomic mass is 16.4. The van der Waals surface area contributed by atoms with E-state index >= 15 is 0 Å². The summed E-state index contributed by atoms with van der Waals surface area (Å²) in [7, 11) is 0. The van der Waals surface area contributed by atoms with E-state index in [1.54, 1.807) is 4.90 Å². The van der Waals surface area contributed by atoms with E-state index < -0.39 is 11.9 Å². The number of carboxylic acids is 1. The first-order valence-corrected chi connectivity index (χ1v) is 7.23. The van der Waals surface area contributed by atoms with Crippen LogP contribution in [-0.4, -0.2) is 35.0 Å². The van der Waals surface area contributed by atoms with E-state index in [1.165, 1.54) is 11.1 Å². The summed E-state index contributed by atoms with van der Waals surface area (Å²) < 4.78 is 0. The molecule has 1 N–H and O–H groups in total. The molecule has 1 aromatic carbocycles. The molecule has 0 bridgehead atoms. The topological polar surface area (TPSA) is 57.6 Å². The SMILES string of the molecule is O=C(O)C1CC(=O)N(CC2CCCc3ccccc32)C1. The summed E-state index contributed by atoms with van der Waals surface area (Å²) in [5.74, 6) is -1.04. The number of rotatable bonds is 3. The molecule has 2 unspecified atom stereocenters. The van der Waals surface area contributed by atoms with Crippen LogP contribution in [0.15, 0.2) is 24.3 Å². The molecule has 1 heterocycles. The third-order valence-electron chi connectivity index (χ3n) is 4.50. The molecule has 0 saturated carbocycles. The fourth-order valence-electron chi connectivity index (χ4n) is 3.42. The maximum absolute atomic E-state index is 11.9. The first kappa shape index (κ1) is 13.2. The number of nitrogens with zero attached hydrogens (tertiary/aromatic N) is 1. The summed E-state index contributed by atoms with van der Waals surface area (Å²) in [6.07, 6.45) is 3.49. The number of aryl methyl sites for hydroxylation is 1. The molecule has 3 rings (SSSR count). The number of amides is 1. The second-order valence-corrected chi connectivity index (χ2v) is 5.83. The zero-order chi connectivity index (χ0) is 14.1. The van der Waals surface area contributed by atoms with Gasteiger partial charge in [-0.2, -0.15) is 0 Å². The van der Waals surface area contributed by atoms with Crippen LogP contribution >= 0.6 is 0 Å². The molecule has 0 aromatic heterocycles. The van der Waals surface area contributed by atoms with Crippen molar-refractivity contribution in [1.82, 2.24) is 4.90 Å². The molecule has 1 aromatic rings. The van der Waals surface area contributed by atoms with Crippen LogP contribution in [0.2, 0.25) is 0 Å². The molecule has 0 spiro atoms. The Morgan fingerprint density at radius 2 is 2.15 bits per heavy atom. The van der Waals surface area contributed by atoms with Crippen LogP contribution in [0.5, 0.6) is 0 Å². The summed E-state index contributed by atoms with van der Waals surface area (Å²) in [5.41, 5.74) is 2.72. The Bertz CT molecular complexity index is 540.